The van der Waals surface area contributed by atoms with Crippen LogP contribution in [-0.4, -0.2) is 59.8 Å². The lowest BCUT2D eigenvalue weighted by Crippen LogP contribution is -2.65. The van der Waals surface area contributed by atoms with Crippen LogP contribution in [0, 0.1) is 17.3 Å². The van der Waals surface area contributed by atoms with Crippen molar-refractivity contribution in [2.45, 2.75) is 82.0 Å². The second kappa shape index (κ2) is 9.73. The number of benzene rings is 1. The molecule has 2 saturated carbocycles. The van der Waals surface area contributed by atoms with Gasteiger partial charge in [0, 0.05) is 37.4 Å². The normalized spacial score (nSPS) is 35.2. The number of rotatable bonds is 4. The van der Waals surface area contributed by atoms with E-state index in [9.17, 15) is 23.1 Å². The molecule has 5 aliphatic rings. The number of hydrogen-bond donors (Lipinski definition) is 1. The van der Waals surface area contributed by atoms with Gasteiger partial charge in [-0.3, -0.25) is 9.69 Å². The summed E-state index contributed by atoms with van der Waals surface area (Å²) in [7, 11) is 0. The molecule has 0 unspecified atom stereocenters. The first-order valence-electron chi connectivity index (χ1n) is 14.4. The molecule has 6 rings (SSSR count). The minimum atomic E-state index is -5.85. The zero-order valence-electron chi connectivity index (χ0n) is 22.7. The van der Waals surface area contributed by atoms with Crippen molar-refractivity contribution in [2.24, 2.45) is 17.3 Å². The van der Waals surface area contributed by atoms with Crippen molar-refractivity contribution in [3.8, 4) is 0 Å². The van der Waals surface area contributed by atoms with Crippen LogP contribution in [0.5, 0.6) is 0 Å². The van der Waals surface area contributed by atoms with Crippen molar-refractivity contribution in [1.82, 2.24) is 4.90 Å². The van der Waals surface area contributed by atoms with Gasteiger partial charge in [0.05, 0.1) is 13.2 Å². The van der Waals surface area contributed by atoms with Crippen molar-refractivity contribution >= 4 is 5.78 Å². The largest absolute Gasteiger partial charge is 0.456 e. The third-order valence-electron chi connectivity index (χ3n) is 10.7. The van der Waals surface area contributed by atoms with E-state index in [1.165, 1.54) is 6.92 Å². The molecular formula is C31H36F5NO3. The number of morpholine rings is 1. The third-order valence-corrected chi connectivity index (χ3v) is 10.7. The Hall–Kier alpha value is -2.10. The lowest BCUT2D eigenvalue weighted by Gasteiger charge is -2.56. The smallest absolute Gasteiger partial charge is 0.383 e. The lowest BCUT2D eigenvalue weighted by molar-refractivity contribution is -0.362. The number of hydrogen-bond acceptors (Lipinski definition) is 4. The second-order valence-corrected chi connectivity index (χ2v) is 12.6. The van der Waals surface area contributed by atoms with Gasteiger partial charge in [-0.15, -0.1) is 0 Å². The van der Waals surface area contributed by atoms with Gasteiger partial charge in [-0.05, 0) is 78.7 Å². The van der Waals surface area contributed by atoms with Crippen molar-refractivity contribution in [1.29, 1.82) is 0 Å². The van der Waals surface area contributed by atoms with Gasteiger partial charge in [-0.2, -0.15) is 22.0 Å². The number of carbonyl (C=O) groups excluding carboxylic acids is 1. The Labute approximate surface area is 231 Å². The SMILES string of the molecule is C[C@]12C[C@H](c3ccc(CN4CCOCC4)cc3)C3=C4CCC(=O)C=C4CC[C@H]3[C@@H]1CC[C@]2(O)C(F)(F)C(F)(F)F. The van der Waals surface area contributed by atoms with E-state index < -0.39 is 41.4 Å². The monoisotopic (exact) mass is 565 g/mol. The number of ether oxygens (including phenoxy) is 1. The Balaban J connectivity index is 1.42. The van der Waals surface area contributed by atoms with Crippen LogP contribution in [0.4, 0.5) is 22.0 Å². The van der Waals surface area contributed by atoms with Crippen molar-refractivity contribution in [3.63, 3.8) is 0 Å². The number of ketones is 1. The van der Waals surface area contributed by atoms with Gasteiger partial charge >= 0.3 is 12.1 Å². The van der Waals surface area contributed by atoms with E-state index in [2.05, 4.69) is 4.90 Å². The van der Waals surface area contributed by atoms with Gasteiger partial charge in [0.25, 0.3) is 0 Å². The van der Waals surface area contributed by atoms with E-state index in [4.69, 9.17) is 4.74 Å². The van der Waals surface area contributed by atoms with Gasteiger partial charge in [-0.25, -0.2) is 0 Å². The Kier molecular flexibility index (Phi) is 6.82. The summed E-state index contributed by atoms with van der Waals surface area (Å²) >= 11 is 0. The van der Waals surface area contributed by atoms with Crippen LogP contribution >= 0.6 is 0 Å². The highest BCUT2D eigenvalue weighted by atomic mass is 19.4. The Bertz CT molecular complexity index is 1230. The first kappa shape index (κ1) is 28.0. The summed E-state index contributed by atoms with van der Waals surface area (Å²) in [5.41, 5.74) is 0.282. The van der Waals surface area contributed by atoms with E-state index in [1.807, 2.05) is 24.3 Å². The average molecular weight is 566 g/mol. The number of allylic oxidation sites excluding steroid dienone is 4. The predicted octanol–water partition coefficient (Wildman–Crippen LogP) is 6.35. The third kappa shape index (κ3) is 4.21. The molecule has 218 valence electrons. The van der Waals surface area contributed by atoms with Crippen molar-refractivity contribution in [2.75, 3.05) is 26.3 Å². The summed E-state index contributed by atoms with van der Waals surface area (Å²) in [6.45, 7) is 5.24. The molecule has 0 amide bonds. The number of aliphatic hydroxyl groups is 1. The number of nitrogens with zero attached hydrogens (tertiary/aromatic N) is 1. The Morgan fingerprint density at radius 1 is 1.02 bits per heavy atom. The Morgan fingerprint density at radius 2 is 1.73 bits per heavy atom. The molecule has 4 nitrogen and oxygen atoms in total. The number of carbonyl (C=O) groups is 1. The molecule has 0 aromatic heterocycles. The van der Waals surface area contributed by atoms with Gasteiger partial charge in [0.1, 0.15) is 5.60 Å². The molecule has 1 N–H and O–H groups in total. The molecule has 0 radical (unpaired) electrons. The standard InChI is InChI=1S/C31H36F5NO3/c1-28-17-25(20-4-2-19(3-5-20)18-37-12-14-40-15-13-37)27-23-9-7-22(38)16-21(23)6-8-24(27)26(28)10-11-29(28,39)30(32,33)31(34,35)36/h2-5,16,24-26,39H,6-15,17-18H2,1H3/t24-,25+,26-,28-,29+/m0/s1. The minimum absolute atomic E-state index is 0.000787. The zero-order chi connectivity index (χ0) is 28.5. The predicted molar refractivity (Wildman–Crippen MR) is 139 cm³/mol. The Morgan fingerprint density at radius 3 is 2.40 bits per heavy atom. The van der Waals surface area contributed by atoms with E-state index in [0.717, 1.165) is 47.5 Å². The van der Waals surface area contributed by atoms with Gasteiger partial charge in [-0.1, -0.05) is 36.8 Å². The zero-order valence-corrected chi connectivity index (χ0v) is 22.7. The maximum absolute atomic E-state index is 15.1. The maximum atomic E-state index is 15.1. The van der Waals surface area contributed by atoms with Gasteiger partial charge < -0.3 is 9.84 Å². The summed E-state index contributed by atoms with van der Waals surface area (Å²) in [5, 5.41) is 11.4. The maximum Gasteiger partial charge on any atom is 0.456 e. The molecule has 1 heterocycles. The minimum Gasteiger partial charge on any atom is -0.383 e. The van der Waals surface area contributed by atoms with Crippen LogP contribution < -0.4 is 0 Å². The second-order valence-electron chi connectivity index (χ2n) is 12.6. The fourth-order valence-corrected chi connectivity index (χ4v) is 8.59. The molecule has 40 heavy (non-hydrogen) atoms. The molecule has 1 aromatic rings. The number of fused-ring (bicyclic) bond motifs is 4. The van der Waals surface area contributed by atoms with E-state index in [0.29, 0.717) is 38.9 Å². The summed E-state index contributed by atoms with van der Waals surface area (Å²) in [4.78, 5) is 14.5. The van der Waals surface area contributed by atoms with Gasteiger partial charge in [0.2, 0.25) is 0 Å². The number of alkyl halides is 5. The molecule has 0 bridgehead atoms. The van der Waals surface area contributed by atoms with Crippen LogP contribution in [0.2, 0.25) is 0 Å². The first-order chi connectivity index (χ1) is 18.9. The summed E-state index contributed by atoms with van der Waals surface area (Å²) in [6, 6.07) is 7.95. The topological polar surface area (TPSA) is 49.8 Å². The molecule has 9 heteroatoms. The fraction of sp³-hybridized carbons (Fsp3) is 0.645. The molecule has 1 aromatic carbocycles. The highest BCUT2D eigenvalue weighted by Crippen LogP contribution is 2.70. The number of halogens is 5. The van der Waals surface area contributed by atoms with Gasteiger partial charge in [0.15, 0.2) is 5.78 Å². The molecule has 3 fully saturated rings. The van der Waals surface area contributed by atoms with E-state index in [1.54, 1.807) is 6.08 Å². The van der Waals surface area contributed by atoms with Crippen molar-refractivity contribution in [3.05, 3.63) is 58.2 Å². The van der Waals surface area contributed by atoms with Crippen LogP contribution in [0.1, 0.15) is 68.9 Å². The molecule has 1 saturated heterocycles. The van der Waals surface area contributed by atoms with E-state index >= 15 is 8.78 Å². The fourth-order valence-electron chi connectivity index (χ4n) is 8.59. The first-order valence-corrected chi connectivity index (χ1v) is 14.4. The quantitative estimate of drug-likeness (QED) is 0.433. The van der Waals surface area contributed by atoms with E-state index in [-0.39, 0.29) is 24.5 Å². The molecule has 1 aliphatic heterocycles. The lowest BCUT2D eigenvalue weighted by atomic mass is 9.50. The molecule has 4 aliphatic carbocycles. The van der Waals surface area contributed by atoms with Crippen LogP contribution in [-0.2, 0) is 16.1 Å². The van der Waals surface area contributed by atoms with Crippen LogP contribution in [0.3, 0.4) is 0 Å². The summed E-state index contributed by atoms with van der Waals surface area (Å²) in [5.74, 6) is -6.27. The highest BCUT2D eigenvalue weighted by molar-refractivity contribution is 5.93. The molecule has 0 spiro atoms. The molecular weight excluding hydrogens is 529 g/mol. The summed E-state index contributed by atoms with van der Waals surface area (Å²) in [6.07, 6.45) is -2.51. The average Bonchev–Trinajstić information content (AvgIpc) is 3.20. The van der Waals surface area contributed by atoms with Crippen LogP contribution in [0.15, 0.2) is 47.1 Å². The highest BCUT2D eigenvalue weighted by Gasteiger charge is 2.79. The summed E-state index contributed by atoms with van der Waals surface area (Å²) < 4.78 is 76.9. The van der Waals surface area contributed by atoms with Crippen LogP contribution in [0.25, 0.3) is 0 Å². The van der Waals surface area contributed by atoms with Crippen molar-refractivity contribution < 1.29 is 36.6 Å². The molecule has 5 atom stereocenters.